The highest BCUT2D eigenvalue weighted by atomic mass is 32.1. The molecule has 1 unspecified atom stereocenters. The first-order valence-electron chi connectivity index (χ1n) is 38.9. The maximum absolute atomic E-state index is 7.76. The summed E-state index contributed by atoms with van der Waals surface area (Å²) in [6.07, 6.45) is 0. The van der Waals surface area contributed by atoms with Crippen molar-refractivity contribution >= 4 is 31.5 Å². The number of ether oxygens (including phenoxy) is 2. The lowest BCUT2D eigenvalue weighted by Crippen LogP contribution is -2.43. The van der Waals surface area contributed by atoms with Gasteiger partial charge in [0.1, 0.15) is 23.0 Å². The van der Waals surface area contributed by atoms with Crippen LogP contribution >= 0.6 is 11.3 Å². The highest BCUT2D eigenvalue weighted by Gasteiger charge is 2.56. The number of hydrogen-bond donors (Lipinski definition) is 0. The Morgan fingerprint density at radius 2 is 0.637 bits per heavy atom. The lowest BCUT2D eigenvalue weighted by atomic mass is 9.52. The van der Waals surface area contributed by atoms with E-state index in [4.69, 9.17) is 29.4 Å². The maximum atomic E-state index is 7.76. The van der Waals surface area contributed by atoms with E-state index in [-0.39, 0.29) is 5.41 Å². The first kappa shape index (κ1) is 66.3. The molecule has 113 heavy (non-hydrogen) atoms. The smallest absolute Gasteiger partial charge is 0.160 e. The molecule has 0 saturated carbocycles. The number of para-hydroxylation sites is 2. The second-order valence-corrected chi connectivity index (χ2v) is 32.5. The molecular formula is C106H72N4O2S. The zero-order chi connectivity index (χ0) is 75.3. The number of benzene rings is 15. The summed E-state index contributed by atoms with van der Waals surface area (Å²) >= 11 is 1.82. The number of fused-ring (bicyclic) bond motifs is 19. The van der Waals surface area contributed by atoms with Gasteiger partial charge in [-0.1, -0.05) is 325 Å². The summed E-state index contributed by atoms with van der Waals surface area (Å²) in [5.41, 5.74) is 27.3. The summed E-state index contributed by atoms with van der Waals surface area (Å²) in [5.74, 6) is 4.62. The van der Waals surface area contributed by atoms with Gasteiger partial charge in [0, 0.05) is 92.2 Å². The van der Waals surface area contributed by atoms with Gasteiger partial charge in [-0.2, -0.15) is 0 Å². The van der Waals surface area contributed by atoms with Crippen LogP contribution < -0.4 is 9.47 Å². The minimum atomic E-state index is -0.892. The number of thiophene rings is 1. The van der Waals surface area contributed by atoms with Crippen molar-refractivity contribution in [2.75, 3.05) is 0 Å². The zero-order valence-electron chi connectivity index (χ0n) is 62.7. The van der Waals surface area contributed by atoms with Crippen LogP contribution in [-0.4, -0.2) is 19.9 Å². The van der Waals surface area contributed by atoms with Gasteiger partial charge in [0.05, 0.1) is 33.6 Å². The molecule has 0 N–H and O–H groups in total. The summed E-state index contributed by atoms with van der Waals surface area (Å²) in [6, 6.07) is 133. The van der Waals surface area contributed by atoms with Crippen LogP contribution in [0, 0.1) is 0 Å². The molecule has 5 heterocycles. The lowest BCUT2D eigenvalue weighted by molar-refractivity contribution is 0.425. The van der Waals surface area contributed by atoms with Gasteiger partial charge < -0.3 is 9.47 Å². The topological polar surface area (TPSA) is 70.0 Å². The molecular weight excluding hydrogens is 1390 g/mol. The summed E-state index contributed by atoms with van der Waals surface area (Å²) in [5, 5.41) is 2.52. The SMILES string of the molecule is CC1(C)c2ccccc2C2(c3ccccc3Oc3c(-c4ccc5c(c4)C(C)(C)c4ccccc4C54c5ccccc5Oc5cccc(-c6cccc(-c7cc(-c8ccccc8)nc(-c8ccccc8)n7)c6)c54)cc(-c4ccc(-c5cc(-c6ccc7c(c6)sc6ccccc67)nc(-c6ccccc6)n5)cc4)cc32)c2ccccc21. The van der Waals surface area contributed by atoms with Gasteiger partial charge in [-0.05, 0) is 139 Å². The molecule has 2 aliphatic carbocycles. The molecule has 15 aromatic carbocycles. The molecule has 22 rings (SSSR count). The van der Waals surface area contributed by atoms with Crippen LogP contribution in [0.5, 0.6) is 23.0 Å². The number of nitrogens with zero attached hydrogens (tertiary/aromatic N) is 4. The van der Waals surface area contributed by atoms with Crippen molar-refractivity contribution in [1.29, 1.82) is 0 Å². The van der Waals surface area contributed by atoms with Crippen molar-refractivity contribution in [2.24, 2.45) is 0 Å². The molecule has 4 aliphatic rings. The number of aromatic nitrogens is 4. The predicted octanol–water partition coefficient (Wildman–Crippen LogP) is 26.9. The third-order valence-corrected chi connectivity index (χ3v) is 25.7. The molecule has 2 aliphatic heterocycles. The summed E-state index contributed by atoms with van der Waals surface area (Å²) in [7, 11) is 0. The summed E-state index contributed by atoms with van der Waals surface area (Å²) < 4.78 is 17.6. The Morgan fingerprint density at radius 3 is 1.27 bits per heavy atom. The van der Waals surface area contributed by atoms with Gasteiger partial charge in [0.2, 0.25) is 0 Å². The Hall–Kier alpha value is -13.7. The predicted molar refractivity (Wildman–Crippen MR) is 460 cm³/mol. The van der Waals surface area contributed by atoms with Crippen molar-refractivity contribution in [1.82, 2.24) is 19.9 Å². The van der Waals surface area contributed by atoms with E-state index >= 15 is 0 Å². The van der Waals surface area contributed by atoms with Gasteiger partial charge in [0.25, 0.3) is 0 Å². The third-order valence-electron chi connectivity index (χ3n) is 24.6. The molecule has 1 atom stereocenters. The van der Waals surface area contributed by atoms with Crippen molar-refractivity contribution in [3.8, 4) is 124 Å². The normalized spacial score (nSPS) is 15.3. The van der Waals surface area contributed by atoms with Crippen molar-refractivity contribution in [2.45, 2.75) is 49.4 Å². The minimum absolute atomic E-state index is 0.328. The second kappa shape index (κ2) is 25.4. The van der Waals surface area contributed by atoms with Crippen LogP contribution in [0.1, 0.15) is 94.5 Å². The fraction of sp³-hybridized carbons (Fsp3) is 0.0755. The van der Waals surface area contributed by atoms with Gasteiger partial charge in [-0.25, -0.2) is 19.9 Å². The summed E-state index contributed by atoms with van der Waals surface area (Å²) in [4.78, 5) is 21.2. The molecule has 0 bridgehead atoms. The molecule has 0 saturated heterocycles. The van der Waals surface area contributed by atoms with Crippen molar-refractivity contribution in [3.05, 3.63) is 431 Å². The lowest BCUT2D eigenvalue weighted by Gasteiger charge is -2.51. The van der Waals surface area contributed by atoms with Gasteiger partial charge in [-0.15, -0.1) is 11.3 Å². The zero-order valence-corrected chi connectivity index (χ0v) is 63.5. The average molecular weight is 1470 g/mol. The van der Waals surface area contributed by atoms with Crippen LogP contribution in [0.4, 0.5) is 0 Å². The van der Waals surface area contributed by atoms with Crippen LogP contribution in [0.3, 0.4) is 0 Å². The van der Waals surface area contributed by atoms with Crippen LogP contribution in [0.2, 0.25) is 0 Å². The van der Waals surface area contributed by atoms with E-state index in [0.717, 1.165) is 135 Å². The van der Waals surface area contributed by atoms with Gasteiger partial charge in [-0.3, -0.25) is 0 Å². The second-order valence-electron chi connectivity index (χ2n) is 31.4. The summed E-state index contributed by atoms with van der Waals surface area (Å²) in [6.45, 7) is 9.60. The van der Waals surface area contributed by atoms with E-state index in [2.05, 4.69) is 361 Å². The van der Waals surface area contributed by atoms with Crippen LogP contribution in [-0.2, 0) is 21.7 Å². The Morgan fingerprint density at radius 1 is 0.230 bits per heavy atom. The largest absolute Gasteiger partial charge is 0.457 e. The van der Waals surface area contributed by atoms with E-state index in [0.29, 0.717) is 11.6 Å². The standard InChI is InChI=1S/C106H72N4O2S/c1-103(2)79-38-15-18-41-82(79)105(83-42-19-16-39-80(83)103)86-44-21-24-47-95(86)112-100-78(59-74(61-89(100)105)65-50-52-67(53-51-65)91-64-93(110-102(108-91)69-32-12-7-13-33-69)73-54-56-77-76-36-14-25-49-97(76)113-98(77)62-73)71-55-57-85-88(60-71)104(3,4)81-40-17-20-43-84(81)106(85)87-45-22-23-46-94(87)111-96-48-27-37-75(99(96)106)70-34-26-35-72(58-70)92-63-90(66-28-8-5-9-29-66)107-101(109-92)68-30-10-6-11-31-68/h5-64H,1-4H3. The maximum Gasteiger partial charge on any atom is 0.160 e. The molecule has 6 nitrogen and oxygen atoms in total. The Kier molecular flexibility index (Phi) is 14.9. The number of hydrogen-bond acceptors (Lipinski definition) is 7. The quantitative estimate of drug-likeness (QED) is 0.143. The molecule has 0 amide bonds. The van der Waals surface area contributed by atoms with Crippen LogP contribution in [0.15, 0.2) is 364 Å². The first-order chi connectivity index (χ1) is 55.5. The Bertz CT molecular complexity index is 6840. The molecule has 534 valence electrons. The average Bonchev–Trinajstić information content (AvgIpc) is 0.739. The van der Waals surface area contributed by atoms with E-state index in [1.807, 2.05) is 41.7 Å². The molecule has 7 heteroatoms. The number of rotatable bonds is 9. The van der Waals surface area contributed by atoms with E-state index in [1.165, 1.54) is 64.7 Å². The Labute approximate surface area is 660 Å². The van der Waals surface area contributed by atoms with Crippen molar-refractivity contribution < 1.29 is 9.47 Å². The molecule has 3 aromatic heterocycles. The monoisotopic (exact) mass is 1460 g/mol. The molecule has 18 aromatic rings. The highest BCUT2D eigenvalue weighted by molar-refractivity contribution is 7.25. The van der Waals surface area contributed by atoms with E-state index < -0.39 is 16.2 Å². The minimum Gasteiger partial charge on any atom is -0.457 e. The Balaban J connectivity index is 0.757. The highest BCUT2D eigenvalue weighted by Crippen LogP contribution is 2.66. The fourth-order valence-electron chi connectivity index (χ4n) is 19.3. The molecule has 0 radical (unpaired) electrons. The van der Waals surface area contributed by atoms with Gasteiger partial charge in [0.15, 0.2) is 11.6 Å². The fourth-order valence-corrected chi connectivity index (χ4v) is 20.5. The molecule has 2 spiro atoms. The van der Waals surface area contributed by atoms with Crippen molar-refractivity contribution in [3.63, 3.8) is 0 Å². The first-order valence-corrected chi connectivity index (χ1v) is 39.7. The van der Waals surface area contributed by atoms with Gasteiger partial charge >= 0.3 is 0 Å². The van der Waals surface area contributed by atoms with E-state index in [1.54, 1.807) is 0 Å². The van der Waals surface area contributed by atoms with E-state index in [9.17, 15) is 0 Å². The molecule has 0 fully saturated rings. The van der Waals surface area contributed by atoms with Crippen LogP contribution in [0.25, 0.3) is 121 Å². The third kappa shape index (κ3) is 10.1.